The molecule has 0 spiro atoms. The SMILES string of the molecule is CCCNC1CCC(Nc2cc(OC)c(C(N)=O)cc2Cl)CC1. The largest absolute Gasteiger partial charge is 0.496 e. The Morgan fingerprint density at radius 3 is 2.52 bits per heavy atom. The van der Waals surface area contributed by atoms with Gasteiger partial charge in [-0.2, -0.15) is 0 Å². The number of halogens is 1. The quantitative estimate of drug-likeness (QED) is 0.713. The van der Waals surface area contributed by atoms with E-state index in [0.717, 1.165) is 37.9 Å². The Kier molecular flexibility index (Phi) is 6.54. The monoisotopic (exact) mass is 339 g/mol. The maximum Gasteiger partial charge on any atom is 0.252 e. The number of amides is 1. The summed E-state index contributed by atoms with van der Waals surface area (Å²) in [7, 11) is 1.52. The molecule has 1 saturated carbocycles. The van der Waals surface area contributed by atoms with E-state index >= 15 is 0 Å². The van der Waals surface area contributed by atoms with Crippen LogP contribution in [0.3, 0.4) is 0 Å². The van der Waals surface area contributed by atoms with Gasteiger partial charge in [-0.3, -0.25) is 4.79 Å². The van der Waals surface area contributed by atoms with Crippen LogP contribution in [0.25, 0.3) is 0 Å². The highest BCUT2D eigenvalue weighted by atomic mass is 35.5. The summed E-state index contributed by atoms with van der Waals surface area (Å²) in [5.74, 6) is -0.0968. The Balaban J connectivity index is 2.00. The molecule has 1 amide bonds. The summed E-state index contributed by atoms with van der Waals surface area (Å²) in [5.41, 5.74) is 6.44. The van der Waals surface area contributed by atoms with Gasteiger partial charge in [-0.1, -0.05) is 18.5 Å². The highest BCUT2D eigenvalue weighted by Gasteiger charge is 2.22. The van der Waals surface area contributed by atoms with Crippen LogP contribution in [-0.4, -0.2) is 31.6 Å². The number of carbonyl (C=O) groups excluding carboxylic acids is 1. The predicted octanol–water partition coefficient (Wildman–Crippen LogP) is 3.17. The number of rotatable bonds is 7. The summed E-state index contributed by atoms with van der Waals surface area (Å²) >= 11 is 6.28. The lowest BCUT2D eigenvalue weighted by atomic mass is 9.91. The minimum Gasteiger partial charge on any atom is -0.496 e. The summed E-state index contributed by atoms with van der Waals surface area (Å²) < 4.78 is 5.24. The summed E-state index contributed by atoms with van der Waals surface area (Å²) in [4.78, 5) is 11.4. The fourth-order valence-electron chi connectivity index (χ4n) is 3.04. The van der Waals surface area contributed by atoms with Crippen molar-refractivity contribution in [1.82, 2.24) is 5.32 Å². The summed E-state index contributed by atoms with van der Waals surface area (Å²) in [6.45, 7) is 3.27. The smallest absolute Gasteiger partial charge is 0.252 e. The molecule has 1 fully saturated rings. The zero-order valence-electron chi connectivity index (χ0n) is 13.8. The summed E-state index contributed by atoms with van der Waals surface area (Å²) in [6.07, 6.45) is 5.67. The zero-order valence-corrected chi connectivity index (χ0v) is 14.6. The van der Waals surface area contributed by atoms with Crippen molar-refractivity contribution in [2.45, 2.75) is 51.1 Å². The average molecular weight is 340 g/mol. The molecule has 1 aliphatic carbocycles. The van der Waals surface area contributed by atoms with Crippen molar-refractivity contribution in [3.05, 3.63) is 22.7 Å². The number of primary amides is 1. The molecule has 0 unspecified atom stereocenters. The summed E-state index contributed by atoms with van der Waals surface area (Å²) in [5, 5.41) is 7.55. The molecule has 0 saturated heterocycles. The van der Waals surface area contributed by atoms with Crippen molar-refractivity contribution >= 4 is 23.2 Å². The highest BCUT2D eigenvalue weighted by Crippen LogP contribution is 2.33. The van der Waals surface area contributed by atoms with Gasteiger partial charge in [-0.15, -0.1) is 0 Å². The number of hydrogen-bond acceptors (Lipinski definition) is 4. The number of benzene rings is 1. The van der Waals surface area contributed by atoms with Crippen LogP contribution in [-0.2, 0) is 0 Å². The molecule has 0 radical (unpaired) electrons. The first-order chi connectivity index (χ1) is 11.0. The van der Waals surface area contributed by atoms with E-state index in [9.17, 15) is 4.79 Å². The van der Waals surface area contributed by atoms with Crippen molar-refractivity contribution in [3.63, 3.8) is 0 Å². The van der Waals surface area contributed by atoms with Crippen LogP contribution in [0.2, 0.25) is 5.02 Å². The highest BCUT2D eigenvalue weighted by molar-refractivity contribution is 6.33. The van der Waals surface area contributed by atoms with E-state index < -0.39 is 5.91 Å². The first-order valence-corrected chi connectivity index (χ1v) is 8.60. The Morgan fingerprint density at radius 1 is 1.30 bits per heavy atom. The number of anilines is 1. The normalized spacial score (nSPS) is 21.0. The number of nitrogens with two attached hydrogens (primary N) is 1. The van der Waals surface area contributed by atoms with Gasteiger partial charge in [-0.05, 0) is 44.7 Å². The lowest BCUT2D eigenvalue weighted by Gasteiger charge is -2.30. The molecule has 1 aromatic carbocycles. The van der Waals surface area contributed by atoms with Crippen LogP contribution in [0, 0.1) is 0 Å². The average Bonchev–Trinajstić information content (AvgIpc) is 2.55. The van der Waals surface area contributed by atoms with Crippen LogP contribution in [0.5, 0.6) is 5.75 Å². The van der Waals surface area contributed by atoms with Gasteiger partial charge in [0, 0.05) is 18.2 Å². The maximum absolute atomic E-state index is 11.4. The standard InChI is InChI=1S/C17H26ClN3O2/c1-3-8-20-11-4-6-12(7-5-11)21-15-10-16(23-2)13(17(19)22)9-14(15)18/h9-12,20-21H,3-8H2,1-2H3,(H2,19,22). The van der Waals surface area contributed by atoms with Gasteiger partial charge in [0.25, 0.3) is 5.91 Å². The Morgan fingerprint density at radius 2 is 1.96 bits per heavy atom. The topological polar surface area (TPSA) is 76.4 Å². The first-order valence-electron chi connectivity index (χ1n) is 8.22. The van der Waals surface area contributed by atoms with Crippen molar-refractivity contribution < 1.29 is 9.53 Å². The van der Waals surface area contributed by atoms with Gasteiger partial charge in [0.1, 0.15) is 5.75 Å². The molecule has 23 heavy (non-hydrogen) atoms. The molecule has 0 aliphatic heterocycles. The van der Waals surface area contributed by atoms with E-state index in [1.165, 1.54) is 13.5 Å². The second-order valence-corrected chi connectivity index (χ2v) is 6.45. The molecular weight excluding hydrogens is 314 g/mol. The fourth-order valence-corrected chi connectivity index (χ4v) is 3.25. The second-order valence-electron chi connectivity index (χ2n) is 6.04. The third-order valence-corrected chi connectivity index (χ3v) is 4.64. The van der Waals surface area contributed by atoms with Crippen LogP contribution in [0.15, 0.2) is 12.1 Å². The van der Waals surface area contributed by atoms with Crippen LogP contribution < -0.4 is 21.1 Å². The second kappa shape index (κ2) is 8.41. The van der Waals surface area contributed by atoms with E-state index in [4.69, 9.17) is 22.1 Å². The third kappa shape index (κ3) is 4.75. The zero-order chi connectivity index (χ0) is 16.8. The van der Waals surface area contributed by atoms with Gasteiger partial charge in [0.15, 0.2) is 0 Å². The number of ether oxygens (including phenoxy) is 1. The fraction of sp³-hybridized carbons (Fsp3) is 0.588. The maximum atomic E-state index is 11.4. The van der Waals surface area contributed by atoms with Crippen molar-refractivity contribution in [2.75, 3.05) is 19.0 Å². The number of hydrogen-bond donors (Lipinski definition) is 3. The molecule has 6 heteroatoms. The number of carbonyl (C=O) groups is 1. The minimum absolute atomic E-state index is 0.301. The molecule has 0 aromatic heterocycles. The van der Waals surface area contributed by atoms with Gasteiger partial charge in [0.2, 0.25) is 0 Å². The van der Waals surface area contributed by atoms with Crippen LogP contribution in [0.1, 0.15) is 49.4 Å². The summed E-state index contributed by atoms with van der Waals surface area (Å²) in [6, 6.07) is 4.33. The van der Waals surface area contributed by atoms with E-state index in [1.54, 1.807) is 12.1 Å². The molecule has 0 atom stereocenters. The Labute approximate surface area is 142 Å². The molecule has 2 rings (SSSR count). The third-order valence-electron chi connectivity index (χ3n) is 4.32. The lowest BCUT2D eigenvalue weighted by molar-refractivity contribution is 0.0997. The van der Waals surface area contributed by atoms with Crippen molar-refractivity contribution in [3.8, 4) is 5.75 Å². The van der Waals surface area contributed by atoms with E-state index in [2.05, 4.69) is 17.6 Å². The van der Waals surface area contributed by atoms with E-state index in [0.29, 0.717) is 28.4 Å². The number of methoxy groups -OCH3 is 1. The molecule has 1 aromatic rings. The molecule has 128 valence electrons. The van der Waals surface area contributed by atoms with Crippen molar-refractivity contribution in [1.29, 1.82) is 0 Å². The van der Waals surface area contributed by atoms with E-state index in [-0.39, 0.29) is 0 Å². The number of nitrogens with one attached hydrogen (secondary N) is 2. The Hall–Kier alpha value is -1.46. The molecule has 4 N–H and O–H groups in total. The minimum atomic E-state index is -0.544. The predicted molar refractivity (Wildman–Crippen MR) is 94.5 cm³/mol. The van der Waals surface area contributed by atoms with Gasteiger partial charge < -0.3 is 21.1 Å². The Bertz CT molecular complexity index is 543. The van der Waals surface area contributed by atoms with E-state index in [1.807, 2.05) is 0 Å². The van der Waals surface area contributed by atoms with Gasteiger partial charge in [-0.25, -0.2) is 0 Å². The lowest BCUT2D eigenvalue weighted by Crippen LogP contribution is -2.37. The van der Waals surface area contributed by atoms with Gasteiger partial charge >= 0.3 is 0 Å². The van der Waals surface area contributed by atoms with Crippen LogP contribution in [0.4, 0.5) is 5.69 Å². The molecule has 0 heterocycles. The van der Waals surface area contributed by atoms with Gasteiger partial charge in [0.05, 0.1) is 23.4 Å². The molecular formula is C17H26ClN3O2. The van der Waals surface area contributed by atoms with Crippen molar-refractivity contribution in [2.24, 2.45) is 5.73 Å². The molecule has 0 bridgehead atoms. The van der Waals surface area contributed by atoms with Crippen LogP contribution >= 0.6 is 11.6 Å². The molecule has 5 nitrogen and oxygen atoms in total. The first kappa shape index (κ1) is 17.9. The molecule has 1 aliphatic rings.